The molecule has 1 aromatic carbocycles. The summed E-state index contributed by atoms with van der Waals surface area (Å²) in [6, 6.07) is 14.2. The molecule has 2 aromatic rings. The molecule has 1 aliphatic carbocycles. The van der Waals surface area contributed by atoms with Gasteiger partial charge in [-0.3, -0.25) is 20.1 Å². The van der Waals surface area contributed by atoms with Crippen molar-refractivity contribution in [3.8, 4) is 6.19 Å². The van der Waals surface area contributed by atoms with E-state index in [0.717, 1.165) is 50.3 Å². The van der Waals surface area contributed by atoms with Crippen molar-refractivity contribution < 1.29 is 4.84 Å². The molecule has 0 spiro atoms. The van der Waals surface area contributed by atoms with Gasteiger partial charge in [0.2, 0.25) is 5.96 Å². The molecule has 0 amide bonds. The maximum Gasteiger partial charge on any atom is 0.209 e. The Kier molecular flexibility index (Phi) is 13.1. The van der Waals surface area contributed by atoms with Crippen molar-refractivity contribution >= 4 is 23.6 Å². The molecule has 2 N–H and O–H groups in total. The summed E-state index contributed by atoms with van der Waals surface area (Å²) < 4.78 is 2.10. The summed E-state index contributed by atoms with van der Waals surface area (Å²) in [5.41, 5.74) is 2.13. The predicted octanol–water partition coefficient (Wildman–Crippen LogP) is 6.14. The highest BCUT2D eigenvalue weighted by Crippen LogP contribution is 2.26. The van der Waals surface area contributed by atoms with Gasteiger partial charge < -0.3 is 5.32 Å². The van der Waals surface area contributed by atoms with Gasteiger partial charge in [0.05, 0.1) is 13.2 Å². The van der Waals surface area contributed by atoms with Gasteiger partial charge in [-0.25, -0.2) is 0 Å². The Labute approximate surface area is 214 Å². The van der Waals surface area contributed by atoms with Crippen LogP contribution in [0.2, 0.25) is 0 Å². The SMILES string of the molecule is N#CNC(=NCCCCCCSN(Cc1ccccc1)OCC1CCCCC1)Nc1ccncc1. The lowest BCUT2D eigenvalue weighted by molar-refractivity contribution is -0.0998. The van der Waals surface area contributed by atoms with Crippen LogP contribution in [0.4, 0.5) is 5.69 Å². The normalized spacial score (nSPS) is 14.6. The first-order valence-corrected chi connectivity index (χ1v) is 13.7. The van der Waals surface area contributed by atoms with Gasteiger partial charge in [-0.1, -0.05) is 74.4 Å². The molecule has 0 radical (unpaired) electrons. The number of aliphatic imine (C=N–C) groups is 1. The molecule has 1 saturated carbocycles. The number of aromatic nitrogens is 1. The van der Waals surface area contributed by atoms with E-state index in [1.807, 2.05) is 18.3 Å². The van der Waals surface area contributed by atoms with Crippen LogP contribution in [0, 0.1) is 17.4 Å². The summed E-state index contributed by atoms with van der Waals surface area (Å²) in [4.78, 5) is 14.7. The summed E-state index contributed by atoms with van der Waals surface area (Å²) in [5.74, 6) is 2.23. The number of nitrogens with zero attached hydrogens (tertiary/aromatic N) is 4. The molecule has 0 bridgehead atoms. The molecule has 35 heavy (non-hydrogen) atoms. The number of unbranched alkanes of at least 4 members (excludes halogenated alkanes) is 3. The number of hydroxylamine groups is 1. The summed E-state index contributed by atoms with van der Waals surface area (Å²) in [7, 11) is 0. The molecule has 7 nitrogen and oxygen atoms in total. The van der Waals surface area contributed by atoms with Crippen molar-refractivity contribution in [2.45, 2.75) is 64.3 Å². The molecule has 8 heteroatoms. The maximum absolute atomic E-state index is 8.95. The number of hydrogen-bond donors (Lipinski definition) is 2. The quantitative estimate of drug-likeness (QED) is 0.0620. The Hall–Kier alpha value is -2.60. The molecule has 0 unspecified atom stereocenters. The van der Waals surface area contributed by atoms with Crippen LogP contribution in [0.3, 0.4) is 0 Å². The molecule has 1 aromatic heterocycles. The molecule has 1 aliphatic rings. The van der Waals surface area contributed by atoms with Crippen LogP contribution in [0.25, 0.3) is 0 Å². The maximum atomic E-state index is 8.95. The monoisotopic (exact) mass is 494 g/mol. The zero-order chi connectivity index (χ0) is 24.4. The number of rotatable bonds is 14. The van der Waals surface area contributed by atoms with E-state index in [4.69, 9.17) is 10.1 Å². The van der Waals surface area contributed by atoms with Crippen LogP contribution in [0.15, 0.2) is 59.9 Å². The van der Waals surface area contributed by atoms with Gasteiger partial charge in [0, 0.05) is 30.4 Å². The van der Waals surface area contributed by atoms with E-state index in [0.29, 0.717) is 18.4 Å². The number of pyridine rings is 1. The summed E-state index contributed by atoms with van der Waals surface area (Å²) in [6.07, 6.45) is 16.4. The number of nitriles is 1. The lowest BCUT2D eigenvalue weighted by atomic mass is 9.90. The summed E-state index contributed by atoms with van der Waals surface area (Å²) >= 11 is 1.80. The standard InChI is InChI=1S/C27H38N6OS/c28-23-31-27(32-26-15-18-29-19-16-26)30-17-9-1-2-10-20-35-33(21-24-11-5-3-6-12-24)34-22-25-13-7-4-8-14-25/h3,5-6,11-12,15-16,18-19,25H,1-2,4,7-10,13-14,17,20-22H2,(H2,29,30,31,32). The molecular formula is C27H38N6OS. The average molecular weight is 495 g/mol. The highest BCUT2D eigenvalue weighted by molar-refractivity contribution is 7.96. The van der Waals surface area contributed by atoms with E-state index in [2.05, 4.69) is 55.4 Å². The van der Waals surface area contributed by atoms with Crippen molar-refractivity contribution in [3.63, 3.8) is 0 Å². The Balaban J connectivity index is 1.33. The predicted molar refractivity (Wildman–Crippen MR) is 144 cm³/mol. The number of hydrogen-bond acceptors (Lipinski definition) is 6. The third kappa shape index (κ3) is 11.6. The molecular weight excluding hydrogens is 456 g/mol. The minimum Gasteiger partial charge on any atom is -0.325 e. The third-order valence-electron chi connectivity index (χ3n) is 6.01. The van der Waals surface area contributed by atoms with E-state index in [1.54, 1.807) is 24.3 Å². The van der Waals surface area contributed by atoms with E-state index in [-0.39, 0.29) is 0 Å². The smallest absolute Gasteiger partial charge is 0.209 e. The second-order valence-electron chi connectivity index (χ2n) is 8.85. The van der Waals surface area contributed by atoms with Crippen LogP contribution in [0.5, 0.6) is 0 Å². The number of nitrogens with one attached hydrogen (secondary N) is 2. The molecule has 188 valence electrons. The van der Waals surface area contributed by atoms with E-state index >= 15 is 0 Å². The van der Waals surface area contributed by atoms with Gasteiger partial charge in [-0.05, 0) is 49.3 Å². The topological polar surface area (TPSA) is 85.6 Å². The first-order chi connectivity index (χ1) is 17.3. The first kappa shape index (κ1) is 27.0. The zero-order valence-electron chi connectivity index (χ0n) is 20.6. The Morgan fingerprint density at radius 1 is 1.06 bits per heavy atom. The number of benzene rings is 1. The molecule has 0 aliphatic heterocycles. The molecule has 1 fully saturated rings. The fourth-order valence-corrected chi connectivity index (χ4v) is 4.98. The second kappa shape index (κ2) is 16.9. The van der Waals surface area contributed by atoms with Crippen molar-refractivity contribution in [1.29, 1.82) is 5.26 Å². The number of anilines is 1. The fraction of sp³-hybridized carbons (Fsp3) is 0.519. The summed E-state index contributed by atoms with van der Waals surface area (Å²) in [5, 5.41) is 14.7. The van der Waals surface area contributed by atoms with Crippen molar-refractivity contribution in [2.24, 2.45) is 10.9 Å². The minimum atomic E-state index is 0.473. The van der Waals surface area contributed by atoms with E-state index in [1.165, 1.54) is 37.7 Å². The van der Waals surface area contributed by atoms with Gasteiger partial charge in [-0.15, -0.1) is 4.47 Å². The van der Waals surface area contributed by atoms with Crippen LogP contribution in [0.1, 0.15) is 63.4 Å². The van der Waals surface area contributed by atoms with Crippen LogP contribution < -0.4 is 10.6 Å². The Morgan fingerprint density at radius 2 is 1.83 bits per heavy atom. The van der Waals surface area contributed by atoms with Gasteiger partial charge in [0.25, 0.3) is 0 Å². The van der Waals surface area contributed by atoms with Crippen LogP contribution in [-0.4, -0.2) is 34.3 Å². The van der Waals surface area contributed by atoms with E-state index in [9.17, 15) is 0 Å². The van der Waals surface area contributed by atoms with Gasteiger partial charge >= 0.3 is 0 Å². The second-order valence-corrected chi connectivity index (χ2v) is 9.93. The van der Waals surface area contributed by atoms with Crippen LogP contribution >= 0.6 is 11.9 Å². The van der Waals surface area contributed by atoms with Crippen molar-refractivity contribution in [3.05, 3.63) is 60.4 Å². The van der Waals surface area contributed by atoms with Gasteiger partial charge in [-0.2, -0.15) is 5.26 Å². The zero-order valence-corrected chi connectivity index (χ0v) is 21.4. The van der Waals surface area contributed by atoms with E-state index < -0.39 is 0 Å². The summed E-state index contributed by atoms with van der Waals surface area (Å²) in [6.45, 7) is 2.33. The minimum absolute atomic E-state index is 0.473. The van der Waals surface area contributed by atoms with Gasteiger partial charge in [0.15, 0.2) is 6.19 Å². The molecule has 0 atom stereocenters. The fourth-order valence-electron chi connectivity index (χ4n) is 4.06. The third-order valence-corrected chi connectivity index (χ3v) is 7.00. The Bertz CT molecular complexity index is 884. The lowest BCUT2D eigenvalue weighted by Gasteiger charge is -2.26. The van der Waals surface area contributed by atoms with Crippen molar-refractivity contribution in [2.75, 3.05) is 24.2 Å². The van der Waals surface area contributed by atoms with Crippen LogP contribution in [-0.2, 0) is 11.4 Å². The lowest BCUT2D eigenvalue weighted by Crippen LogP contribution is -2.27. The Morgan fingerprint density at radius 3 is 2.60 bits per heavy atom. The highest BCUT2D eigenvalue weighted by Gasteiger charge is 2.16. The van der Waals surface area contributed by atoms with Crippen molar-refractivity contribution in [1.82, 2.24) is 14.8 Å². The molecule has 0 saturated heterocycles. The largest absolute Gasteiger partial charge is 0.325 e. The van der Waals surface area contributed by atoms with Gasteiger partial charge in [0.1, 0.15) is 0 Å². The highest BCUT2D eigenvalue weighted by atomic mass is 32.2. The average Bonchev–Trinajstić information content (AvgIpc) is 2.90. The molecule has 1 heterocycles. The first-order valence-electron chi connectivity index (χ1n) is 12.8. The number of guanidine groups is 1. The molecule has 3 rings (SSSR count).